The molecule has 1 aliphatic carbocycles. The number of allylic oxidation sites excluding steroid dienone is 1. The van der Waals surface area contributed by atoms with Gasteiger partial charge in [0, 0.05) is 5.92 Å². The van der Waals surface area contributed by atoms with Crippen LogP contribution in [0.4, 0.5) is 0 Å². The maximum Gasteiger partial charge on any atom is 0.238 e. The first-order chi connectivity index (χ1) is 10.8. The number of hydrogen-bond acceptors (Lipinski definition) is 4. The lowest BCUT2D eigenvalue weighted by atomic mass is 9.73. The number of carbonyl (C=O) groups is 1. The summed E-state index contributed by atoms with van der Waals surface area (Å²) in [7, 11) is 0. The SMILES string of the molecule is O=C(c1ccco1)[C@H]1OC(c2ccco2)=C[C@H]2CCCC[C@H]12. The molecule has 2 aromatic heterocycles. The molecule has 1 saturated carbocycles. The second-order valence-electron chi connectivity index (χ2n) is 6.00. The summed E-state index contributed by atoms with van der Waals surface area (Å²) in [6.07, 6.45) is 9.26. The van der Waals surface area contributed by atoms with Crippen LogP contribution in [0.15, 0.2) is 51.7 Å². The van der Waals surface area contributed by atoms with Crippen LogP contribution in [0.1, 0.15) is 42.0 Å². The minimum absolute atomic E-state index is 0.0703. The molecule has 1 aliphatic heterocycles. The third-order valence-corrected chi connectivity index (χ3v) is 4.67. The molecule has 2 aromatic rings. The van der Waals surface area contributed by atoms with Gasteiger partial charge in [-0.15, -0.1) is 0 Å². The molecule has 3 atom stereocenters. The molecule has 0 unspecified atom stereocenters. The number of furan rings is 2. The quantitative estimate of drug-likeness (QED) is 0.793. The largest absolute Gasteiger partial charge is 0.478 e. The van der Waals surface area contributed by atoms with Crippen molar-refractivity contribution in [2.24, 2.45) is 11.8 Å². The van der Waals surface area contributed by atoms with Crippen LogP contribution in [0.25, 0.3) is 5.76 Å². The molecule has 0 amide bonds. The summed E-state index contributed by atoms with van der Waals surface area (Å²) in [6.45, 7) is 0. The lowest BCUT2D eigenvalue weighted by Gasteiger charge is -2.38. The van der Waals surface area contributed by atoms with Gasteiger partial charge in [0.1, 0.15) is 0 Å². The molecular weight excluding hydrogens is 280 g/mol. The van der Waals surface area contributed by atoms with E-state index >= 15 is 0 Å². The average molecular weight is 298 g/mol. The van der Waals surface area contributed by atoms with E-state index in [0.29, 0.717) is 23.2 Å². The van der Waals surface area contributed by atoms with E-state index in [2.05, 4.69) is 6.08 Å². The molecule has 0 saturated heterocycles. The summed E-state index contributed by atoms with van der Waals surface area (Å²) in [6, 6.07) is 7.13. The van der Waals surface area contributed by atoms with Crippen LogP contribution in [-0.4, -0.2) is 11.9 Å². The average Bonchev–Trinajstić information content (AvgIpc) is 3.26. The normalized spacial score (nSPS) is 27.6. The molecule has 0 N–H and O–H groups in total. The van der Waals surface area contributed by atoms with E-state index in [0.717, 1.165) is 19.3 Å². The van der Waals surface area contributed by atoms with E-state index < -0.39 is 6.10 Å². The van der Waals surface area contributed by atoms with E-state index in [-0.39, 0.29) is 11.7 Å². The number of Topliss-reactive ketones (excluding diaryl/α,β-unsaturated/α-hetero) is 1. The highest BCUT2D eigenvalue weighted by Crippen LogP contribution is 2.42. The predicted molar refractivity (Wildman–Crippen MR) is 80.0 cm³/mol. The van der Waals surface area contributed by atoms with Crippen LogP contribution in [0.3, 0.4) is 0 Å². The molecule has 4 rings (SSSR count). The van der Waals surface area contributed by atoms with Crippen molar-refractivity contribution in [3.8, 4) is 0 Å². The standard InChI is InChI=1S/C18H18O4/c19-17(15-8-4-10-21-15)18-13-6-2-1-5-12(13)11-16(22-18)14-7-3-9-20-14/h3-4,7-13,18H,1-2,5-6H2/t12-,13+,18+/m1/s1. The smallest absolute Gasteiger partial charge is 0.238 e. The molecular formula is C18H18O4. The van der Waals surface area contributed by atoms with Gasteiger partial charge < -0.3 is 13.6 Å². The van der Waals surface area contributed by atoms with Gasteiger partial charge in [0.2, 0.25) is 5.78 Å². The molecule has 22 heavy (non-hydrogen) atoms. The second-order valence-corrected chi connectivity index (χ2v) is 6.00. The fourth-order valence-electron chi connectivity index (χ4n) is 3.59. The van der Waals surface area contributed by atoms with Gasteiger partial charge in [-0.25, -0.2) is 0 Å². The van der Waals surface area contributed by atoms with Gasteiger partial charge in [-0.1, -0.05) is 12.8 Å². The number of ether oxygens (including phenoxy) is 1. The van der Waals surface area contributed by atoms with Crippen molar-refractivity contribution < 1.29 is 18.4 Å². The summed E-state index contributed by atoms with van der Waals surface area (Å²) in [4.78, 5) is 12.8. The van der Waals surface area contributed by atoms with E-state index in [9.17, 15) is 4.79 Å². The van der Waals surface area contributed by atoms with E-state index in [1.807, 2.05) is 12.1 Å². The summed E-state index contributed by atoms with van der Waals surface area (Å²) < 4.78 is 16.8. The highest BCUT2D eigenvalue weighted by Gasteiger charge is 2.42. The number of hydrogen-bond donors (Lipinski definition) is 0. The minimum atomic E-state index is -0.485. The van der Waals surface area contributed by atoms with Crippen LogP contribution in [0, 0.1) is 11.8 Å². The molecule has 0 bridgehead atoms. The first kappa shape index (κ1) is 13.4. The third kappa shape index (κ3) is 2.28. The number of rotatable bonds is 3. The van der Waals surface area contributed by atoms with Gasteiger partial charge in [0.15, 0.2) is 23.4 Å². The van der Waals surface area contributed by atoms with Crippen molar-refractivity contribution in [2.45, 2.75) is 31.8 Å². The third-order valence-electron chi connectivity index (χ3n) is 4.67. The van der Waals surface area contributed by atoms with Gasteiger partial charge in [0.05, 0.1) is 12.5 Å². The van der Waals surface area contributed by atoms with Crippen molar-refractivity contribution in [1.29, 1.82) is 0 Å². The van der Waals surface area contributed by atoms with Crippen molar-refractivity contribution in [2.75, 3.05) is 0 Å². The molecule has 0 radical (unpaired) electrons. The van der Waals surface area contributed by atoms with E-state index in [1.165, 1.54) is 12.7 Å². The Morgan fingerprint density at radius 3 is 2.64 bits per heavy atom. The molecule has 4 heteroatoms. The van der Waals surface area contributed by atoms with Crippen LogP contribution >= 0.6 is 0 Å². The number of fused-ring (bicyclic) bond motifs is 1. The Hall–Kier alpha value is -2.23. The van der Waals surface area contributed by atoms with Crippen LogP contribution < -0.4 is 0 Å². The van der Waals surface area contributed by atoms with Crippen LogP contribution in [-0.2, 0) is 4.74 Å². The maximum atomic E-state index is 12.8. The fourth-order valence-corrected chi connectivity index (χ4v) is 3.59. The molecule has 114 valence electrons. The molecule has 0 spiro atoms. The van der Waals surface area contributed by atoms with Gasteiger partial charge in [-0.3, -0.25) is 4.79 Å². The first-order valence-electron chi connectivity index (χ1n) is 7.83. The van der Waals surface area contributed by atoms with Crippen molar-refractivity contribution in [3.63, 3.8) is 0 Å². The lowest BCUT2D eigenvalue weighted by molar-refractivity contribution is 0.0317. The Balaban J connectivity index is 1.68. The van der Waals surface area contributed by atoms with Gasteiger partial charge in [0.25, 0.3) is 0 Å². The summed E-state index contributed by atoms with van der Waals surface area (Å²) in [5.41, 5.74) is 0. The second kappa shape index (κ2) is 5.52. The Bertz CT molecular complexity index is 666. The van der Waals surface area contributed by atoms with Gasteiger partial charge in [-0.2, -0.15) is 0 Å². The van der Waals surface area contributed by atoms with Gasteiger partial charge in [-0.05, 0) is 49.1 Å². The zero-order valence-corrected chi connectivity index (χ0v) is 12.2. The number of ketones is 1. The zero-order valence-electron chi connectivity index (χ0n) is 12.2. The number of carbonyl (C=O) groups excluding carboxylic acids is 1. The first-order valence-corrected chi connectivity index (χ1v) is 7.83. The summed E-state index contributed by atoms with van der Waals surface area (Å²) in [5, 5.41) is 0. The van der Waals surface area contributed by atoms with E-state index in [4.69, 9.17) is 13.6 Å². The van der Waals surface area contributed by atoms with Crippen molar-refractivity contribution in [3.05, 3.63) is 54.4 Å². The monoisotopic (exact) mass is 298 g/mol. The highest BCUT2D eigenvalue weighted by molar-refractivity contribution is 5.98. The summed E-state index contributed by atoms with van der Waals surface area (Å²) >= 11 is 0. The van der Waals surface area contributed by atoms with Crippen molar-refractivity contribution in [1.82, 2.24) is 0 Å². The van der Waals surface area contributed by atoms with Crippen molar-refractivity contribution >= 4 is 11.5 Å². The zero-order chi connectivity index (χ0) is 14.9. The molecule has 2 aliphatic rings. The Kier molecular flexibility index (Phi) is 3.37. The maximum absolute atomic E-state index is 12.8. The van der Waals surface area contributed by atoms with E-state index in [1.54, 1.807) is 18.4 Å². The fraction of sp³-hybridized carbons (Fsp3) is 0.389. The Morgan fingerprint density at radius 2 is 1.86 bits per heavy atom. The van der Waals surface area contributed by atoms with Gasteiger partial charge >= 0.3 is 0 Å². The van der Waals surface area contributed by atoms with Crippen LogP contribution in [0.5, 0.6) is 0 Å². The van der Waals surface area contributed by atoms with Crippen LogP contribution in [0.2, 0.25) is 0 Å². The minimum Gasteiger partial charge on any atom is -0.478 e. The lowest BCUT2D eigenvalue weighted by Crippen LogP contribution is -2.40. The molecule has 1 fully saturated rings. The molecule has 0 aromatic carbocycles. The topological polar surface area (TPSA) is 52.6 Å². The molecule has 3 heterocycles. The summed E-state index contributed by atoms with van der Waals surface area (Å²) in [5.74, 6) is 2.25. The predicted octanol–water partition coefficient (Wildman–Crippen LogP) is 4.30. The Labute approximate surface area is 128 Å². The highest BCUT2D eigenvalue weighted by atomic mass is 16.5. The Morgan fingerprint density at radius 1 is 1.05 bits per heavy atom. The molecule has 4 nitrogen and oxygen atoms in total.